The molecule has 0 unspecified atom stereocenters. The van der Waals surface area contributed by atoms with Crippen LogP contribution < -0.4 is 4.74 Å². The molecule has 1 aromatic carbocycles. The molecule has 1 amide bonds. The van der Waals surface area contributed by atoms with Gasteiger partial charge in [-0.3, -0.25) is 4.79 Å². The molecular weight excluding hydrogens is 332 g/mol. The highest BCUT2D eigenvalue weighted by atomic mass is 16.5. The van der Waals surface area contributed by atoms with E-state index in [1.807, 2.05) is 37.3 Å². The van der Waals surface area contributed by atoms with Gasteiger partial charge >= 0.3 is 0 Å². The van der Waals surface area contributed by atoms with Crippen molar-refractivity contribution in [3.05, 3.63) is 59.1 Å². The fourth-order valence-electron chi connectivity index (χ4n) is 3.02. The molecule has 0 spiro atoms. The lowest BCUT2D eigenvalue weighted by molar-refractivity contribution is 0.0742. The van der Waals surface area contributed by atoms with Gasteiger partial charge in [-0.15, -0.1) is 0 Å². The Kier molecular flexibility index (Phi) is 4.12. The Morgan fingerprint density at radius 1 is 1.19 bits per heavy atom. The molecule has 26 heavy (non-hydrogen) atoms. The molecule has 0 saturated carbocycles. The van der Waals surface area contributed by atoms with Crippen LogP contribution in [0.25, 0.3) is 11.4 Å². The summed E-state index contributed by atoms with van der Waals surface area (Å²) in [5.41, 5.74) is 2.87. The van der Waals surface area contributed by atoms with E-state index < -0.39 is 0 Å². The van der Waals surface area contributed by atoms with E-state index in [1.165, 1.54) is 6.20 Å². The van der Waals surface area contributed by atoms with Gasteiger partial charge in [-0.1, -0.05) is 35.5 Å². The second-order valence-corrected chi connectivity index (χ2v) is 6.17. The molecule has 0 fully saturated rings. The summed E-state index contributed by atoms with van der Waals surface area (Å²) in [4.78, 5) is 23.5. The van der Waals surface area contributed by atoms with Crippen LogP contribution in [0.1, 0.15) is 27.4 Å². The first kappa shape index (κ1) is 16.3. The molecule has 0 aliphatic carbocycles. The van der Waals surface area contributed by atoms with Crippen LogP contribution in [0, 0.1) is 13.8 Å². The molecule has 7 nitrogen and oxygen atoms in total. The van der Waals surface area contributed by atoms with Crippen LogP contribution >= 0.6 is 0 Å². The van der Waals surface area contributed by atoms with Crippen molar-refractivity contribution in [3.63, 3.8) is 0 Å². The zero-order valence-corrected chi connectivity index (χ0v) is 14.6. The highest BCUT2D eigenvalue weighted by Crippen LogP contribution is 2.28. The number of fused-ring (bicyclic) bond motifs is 1. The molecule has 1 aliphatic rings. The van der Waals surface area contributed by atoms with Gasteiger partial charge in [0.15, 0.2) is 5.82 Å². The monoisotopic (exact) mass is 350 g/mol. The Morgan fingerprint density at radius 2 is 2.00 bits per heavy atom. The fraction of sp³-hybridized carbons (Fsp3) is 0.263. The first-order valence-electron chi connectivity index (χ1n) is 8.40. The van der Waals surface area contributed by atoms with E-state index in [1.54, 1.807) is 11.8 Å². The summed E-state index contributed by atoms with van der Waals surface area (Å²) in [6, 6.07) is 9.87. The summed E-state index contributed by atoms with van der Waals surface area (Å²) < 4.78 is 10.9. The van der Waals surface area contributed by atoms with Crippen LogP contribution in [-0.4, -0.2) is 39.1 Å². The maximum absolute atomic E-state index is 12.9. The summed E-state index contributed by atoms with van der Waals surface area (Å²) >= 11 is 0. The van der Waals surface area contributed by atoms with Crippen LogP contribution in [0.4, 0.5) is 0 Å². The number of amides is 1. The van der Waals surface area contributed by atoms with Crippen LogP contribution in [0.2, 0.25) is 0 Å². The molecule has 0 saturated heterocycles. The summed E-state index contributed by atoms with van der Waals surface area (Å²) in [7, 11) is 0. The van der Waals surface area contributed by atoms with Gasteiger partial charge in [-0.05, 0) is 19.4 Å². The zero-order valence-electron chi connectivity index (χ0n) is 14.6. The summed E-state index contributed by atoms with van der Waals surface area (Å²) in [5, 5.41) is 3.93. The van der Waals surface area contributed by atoms with E-state index in [-0.39, 0.29) is 5.91 Å². The molecule has 1 aliphatic heterocycles. The number of carbonyl (C=O) groups is 1. The number of aryl methyl sites for hydroxylation is 2. The number of ether oxygens (including phenoxy) is 1. The van der Waals surface area contributed by atoms with Gasteiger partial charge in [0.1, 0.15) is 17.9 Å². The van der Waals surface area contributed by atoms with E-state index >= 15 is 0 Å². The van der Waals surface area contributed by atoms with E-state index in [0.717, 1.165) is 11.1 Å². The number of carbonyl (C=O) groups excluding carboxylic acids is 1. The Bertz CT molecular complexity index is 933. The summed E-state index contributed by atoms with van der Waals surface area (Å²) in [6.07, 6.45) is 1.52. The smallest absolute Gasteiger partial charge is 0.261 e. The molecular formula is C19H18N4O3. The van der Waals surface area contributed by atoms with Crippen molar-refractivity contribution in [2.24, 2.45) is 0 Å². The van der Waals surface area contributed by atoms with Crippen LogP contribution in [0.15, 0.2) is 41.1 Å². The predicted molar refractivity (Wildman–Crippen MR) is 93.7 cm³/mol. The van der Waals surface area contributed by atoms with Crippen LogP contribution in [-0.2, 0) is 6.54 Å². The predicted octanol–water partition coefficient (Wildman–Crippen LogP) is 2.78. The Morgan fingerprint density at radius 3 is 2.73 bits per heavy atom. The second-order valence-electron chi connectivity index (χ2n) is 6.17. The third-order valence-electron chi connectivity index (χ3n) is 4.34. The van der Waals surface area contributed by atoms with Crippen molar-refractivity contribution in [1.29, 1.82) is 0 Å². The number of hydrogen-bond donors (Lipinski definition) is 0. The van der Waals surface area contributed by atoms with E-state index in [9.17, 15) is 4.79 Å². The highest BCUT2D eigenvalue weighted by molar-refractivity contribution is 5.96. The largest absolute Gasteiger partial charge is 0.475 e. The molecule has 4 rings (SSSR count). The van der Waals surface area contributed by atoms with Crippen molar-refractivity contribution >= 4 is 5.91 Å². The van der Waals surface area contributed by atoms with E-state index in [4.69, 9.17) is 9.26 Å². The maximum Gasteiger partial charge on any atom is 0.261 e. The average Bonchev–Trinajstić information content (AvgIpc) is 2.91. The van der Waals surface area contributed by atoms with Gasteiger partial charge in [0.25, 0.3) is 5.91 Å². The van der Waals surface area contributed by atoms with Crippen molar-refractivity contribution in [1.82, 2.24) is 20.0 Å². The van der Waals surface area contributed by atoms with Gasteiger partial charge in [0.05, 0.1) is 17.8 Å². The highest BCUT2D eigenvalue weighted by Gasteiger charge is 2.27. The Balaban J connectivity index is 1.66. The number of rotatable bonds is 3. The van der Waals surface area contributed by atoms with Gasteiger partial charge in [-0.25, -0.2) is 4.98 Å². The molecule has 0 bridgehead atoms. The molecule has 0 N–H and O–H groups in total. The molecule has 132 valence electrons. The average molecular weight is 350 g/mol. The van der Waals surface area contributed by atoms with Crippen LogP contribution in [0.5, 0.6) is 5.88 Å². The second kappa shape index (κ2) is 6.59. The third kappa shape index (κ3) is 2.92. The third-order valence-corrected chi connectivity index (χ3v) is 4.34. The number of hydrogen-bond acceptors (Lipinski definition) is 6. The quantitative estimate of drug-likeness (QED) is 0.722. The first-order chi connectivity index (χ1) is 12.6. The molecule has 0 radical (unpaired) electrons. The number of benzene rings is 1. The summed E-state index contributed by atoms with van der Waals surface area (Å²) in [6.45, 7) is 5.02. The molecule has 2 aromatic heterocycles. The van der Waals surface area contributed by atoms with Crippen LogP contribution in [0.3, 0.4) is 0 Å². The van der Waals surface area contributed by atoms with Gasteiger partial charge in [0.2, 0.25) is 5.88 Å². The molecule has 3 aromatic rings. The fourth-order valence-corrected chi connectivity index (χ4v) is 3.02. The van der Waals surface area contributed by atoms with Crippen molar-refractivity contribution in [3.8, 4) is 17.3 Å². The van der Waals surface area contributed by atoms with Gasteiger partial charge in [0, 0.05) is 12.7 Å². The minimum Gasteiger partial charge on any atom is -0.475 e. The SMILES string of the molecule is Cc1noc(C)c1-c1ncc2c(n1)OCCN(Cc1ccccc1)C2=O. The zero-order chi connectivity index (χ0) is 18.1. The molecule has 3 heterocycles. The maximum atomic E-state index is 12.9. The topological polar surface area (TPSA) is 81.3 Å². The Hall–Kier alpha value is -3.22. The number of aromatic nitrogens is 3. The standard InChI is InChI=1S/C19H18N4O3/c1-12-16(13(2)26-22-12)17-20-10-15-18(21-17)25-9-8-23(19(15)24)11-14-6-4-3-5-7-14/h3-7,10H,8-9,11H2,1-2H3. The lowest BCUT2D eigenvalue weighted by Crippen LogP contribution is -2.31. The van der Waals surface area contributed by atoms with E-state index in [2.05, 4.69) is 15.1 Å². The van der Waals surface area contributed by atoms with Gasteiger partial charge < -0.3 is 14.2 Å². The minimum atomic E-state index is -0.133. The minimum absolute atomic E-state index is 0.133. The van der Waals surface area contributed by atoms with Gasteiger partial charge in [-0.2, -0.15) is 4.98 Å². The molecule has 0 atom stereocenters. The Labute approximate surface area is 150 Å². The van der Waals surface area contributed by atoms with Crippen molar-refractivity contribution < 1.29 is 14.1 Å². The van der Waals surface area contributed by atoms with E-state index in [0.29, 0.717) is 48.4 Å². The number of nitrogens with zero attached hydrogens (tertiary/aromatic N) is 4. The normalized spacial score (nSPS) is 13.9. The first-order valence-corrected chi connectivity index (χ1v) is 8.40. The summed E-state index contributed by atoms with van der Waals surface area (Å²) in [5.74, 6) is 1.25. The van der Waals surface area contributed by atoms with Crippen molar-refractivity contribution in [2.75, 3.05) is 13.2 Å². The lowest BCUT2D eigenvalue weighted by atomic mass is 10.1. The lowest BCUT2D eigenvalue weighted by Gasteiger charge is -2.19. The molecule has 7 heteroatoms. The van der Waals surface area contributed by atoms with Crippen molar-refractivity contribution in [2.45, 2.75) is 20.4 Å².